The average Bonchev–Trinajstić information content (AvgIpc) is 3.13. The van der Waals surface area contributed by atoms with Crippen LogP contribution in [0.4, 0.5) is 0 Å². The lowest BCUT2D eigenvalue weighted by Gasteiger charge is -2.35. The molecular weight excluding hydrogens is 352 g/mol. The summed E-state index contributed by atoms with van der Waals surface area (Å²) in [4.78, 5) is 0. The van der Waals surface area contributed by atoms with Crippen molar-refractivity contribution in [3.63, 3.8) is 0 Å². The maximum Gasteiger partial charge on any atom is 0.231 e. The van der Waals surface area contributed by atoms with Gasteiger partial charge in [0.2, 0.25) is 12.5 Å². The van der Waals surface area contributed by atoms with Crippen molar-refractivity contribution in [3.05, 3.63) is 41.0 Å². The van der Waals surface area contributed by atoms with Gasteiger partial charge in [0.05, 0.1) is 33.5 Å². The number of hydrogen-bond donors (Lipinski definition) is 2. The van der Waals surface area contributed by atoms with Crippen LogP contribution in [0.25, 0.3) is 0 Å². The van der Waals surface area contributed by atoms with Crippen LogP contribution in [-0.4, -0.2) is 50.5 Å². The highest BCUT2D eigenvalue weighted by Gasteiger charge is 2.38. The number of aliphatic hydroxyl groups excluding tert-OH is 2. The summed E-state index contributed by atoms with van der Waals surface area (Å²) in [5.41, 5.74) is 2.54. The van der Waals surface area contributed by atoms with Crippen LogP contribution in [-0.2, 0) is 6.42 Å². The monoisotopic (exact) mass is 374 g/mol. The molecular formula is C20H22O7. The molecule has 2 aromatic carbocycles. The van der Waals surface area contributed by atoms with Crippen LogP contribution < -0.4 is 23.7 Å². The summed E-state index contributed by atoms with van der Waals surface area (Å²) in [5.74, 6) is 2.26. The number of benzene rings is 2. The van der Waals surface area contributed by atoms with Crippen LogP contribution in [0.2, 0.25) is 0 Å². The second-order valence-electron chi connectivity index (χ2n) is 6.60. The van der Waals surface area contributed by atoms with Gasteiger partial charge in [-0.25, -0.2) is 0 Å². The summed E-state index contributed by atoms with van der Waals surface area (Å²) in [6.45, 7) is 0.165. The quantitative estimate of drug-likeness (QED) is 0.845. The maximum absolute atomic E-state index is 10.8. The van der Waals surface area contributed by atoms with Gasteiger partial charge in [-0.2, -0.15) is 0 Å². The van der Waals surface area contributed by atoms with Crippen LogP contribution in [0.1, 0.15) is 22.6 Å². The van der Waals surface area contributed by atoms with E-state index in [-0.39, 0.29) is 6.79 Å². The molecule has 0 spiro atoms. The Morgan fingerprint density at radius 3 is 2.11 bits per heavy atom. The van der Waals surface area contributed by atoms with Crippen LogP contribution in [0.5, 0.6) is 28.7 Å². The van der Waals surface area contributed by atoms with Crippen molar-refractivity contribution in [2.24, 2.45) is 0 Å². The van der Waals surface area contributed by atoms with Gasteiger partial charge in [-0.05, 0) is 41.0 Å². The van der Waals surface area contributed by atoms with Crippen molar-refractivity contribution in [1.82, 2.24) is 0 Å². The van der Waals surface area contributed by atoms with Crippen molar-refractivity contribution in [1.29, 1.82) is 0 Å². The lowest BCUT2D eigenvalue weighted by Crippen LogP contribution is -2.39. The average molecular weight is 374 g/mol. The van der Waals surface area contributed by atoms with E-state index in [0.717, 1.165) is 16.7 Å². The van der Waals surface area contributed by atoms with E-state index in [9.17, 15) is 10.2 Å². The van der Waals surface area contributed by atoms with Gasteiger partial charge in [0.15, 0.2) is 23.0 Å². The SMILES string of the molecule is COc1cc(C2c3cc4c(cc3CC(O)C2O)OCO4)cc(OC)c1OC. The molecule has 0 saturated carbocycles. The van der Waals surface area contributed by atoms with Crippen LogP contribution >= 0.6 is 0 Å². The standard InChI is InChI=1S/C20H22O7/c1-23-16-6-11(7-17(24-2)20(16)25-3)18-12-8-15-14(26-9-27-15)5-10(12)4-13(21)19(18)22/h5-8,13,18-19,21-22H,4,9H2,1-3H3. The van der Waals surface area contributed by atoms with Crippen molar-refractivity contribution in [3.8, 4) is 28.7 Å². The summed E-state index contributed by atoms with van der Waals surface area (Å²) in [7, 11) is 4.62. The number of ether oxygens (including phenoxy) is 5. The second-order valence-corrected chi connectivity index (χ2v) is 6.60. The lowest BCUT2D eigenvalue weighted by molar-refractivity contribution is 0.00320. The molecule has 3 unspecified atom stereocenters. The Balaban J connectivity index is 1.88. The van der Waals surface area contributed by atoms with Gasteiger partial charge in [-0.3, -0.25) is 0 Å². The molecule has 4 rings (SSSR count). The molecule has 144 valence electrons. The van der Waals surface area contributed by atoms with Gasteiger partial charge in [0.1, 0.15) is 0 Å². The molecule has 2 N–H and O–H groups in total. The number of aliphatic hydroxyl groups is 2. The summed E-state index contributed by atoms with van der Waals surface area (Å²) in [6.07, 6.45) is -1.55. The van der Waals surface area contributed by atoms with E-state index >= 15 is 0 Å². The topological polar surface area (TPSA) is 86.6 Å². The van der Waals surface area contributed by atoms with Gasteiger partial charge < -0.3 is 33.9 Å². The van der Waals surface area contributed by atoms with Crippen LogP contribution in [0.3, 0.4) is 0 Å². The number of methoxy groups -OCH3 is 3. The van der Waals surface area contributed by atoms with Crippen molar-refractivity contribution in [2.45, 2.75) is 24.5 Å². The van der Waals surface area contributed by atoms with E-state index in [4.69, 9.17) is 23.7 Å². The Morgan fingerprint density at radius 2 is 1.52 bits per heavy atom. The summed E-state index contributed by atoms with van der Waals surface area (Å²) in [6, 6.07) is 7.33. The molecule has 0 fully saturated rings. The number of rotatable bonds is 4. The normalized spacial score (nSPS) is 22.9. The number of fused-ring (bicyclic) bond motifs is 2. The Kier molecular flexibility index (Phi) is 4.49. The van der Waals surface area contributed by atoms with Gasteiger partial charge >= 0.3 is 0 Å². The molecule has 0 aromatic heterocycles. The third kappa shape index (κ3) is 2.83. The molecule has 27 heavy (non-hydrogen) atoms. The minimum atomic E-state index is -0.985. The fourth-order valence-corrected chi connectivity index (χ4v) is 3.88. The molecule has 1 aliphatic heterocycles. The smallest absolute Gasteiger partial charge is 0.231 e. The highest BCUT2D eigenvalue weighted by atomic mass is 16.7. The minimum absolute atomic E-state index is 0.165. The predicted molar refractivity (Wildman–Crippen MR) is 96.2 cm³/mol. The Hall–Kier alpha value is -2.64. The van der Waals surface area contributed by atoms with Crippen LogP contribution in [0, 0.1) is 0 Å². The summed E-state index contributed by atoms with van der Waals surface area (Å²) in [5, 5.41) is 21.3. The van der Waals surface area contributed by atoms with Gasteiger partial charge in [-0.1, -0.05) is 0 Å². The first-order valence-corrected chi connectivity index (χ1v) is 8.65. The van der Waals surface area contributed by atoms with E-state index in [0.29, 0.717) is 35.2 Å². The lowest BCUT2D eigenvalue weighted by atomic mass is 9.75. The zero-order valence-corrected chi connectivity index (χ0v) is 15.4. The molecule has 0 bridgehead atoms. The molecule has 3 atom stereocenters. The minimum Gasteiger partial charge on any atom is -0.493 e. The molecule has 2 aliphatic rings. The first-order chi connectivity index (χ1) is 13.1. The molecule has 1 aliphatic carbocycles. The van der Waals surface area contributed by atoms with Gasteiger partial charge in [0, 0.05) is 12.3 Å². The predicted octanol–water partition coefficient (Wildman–Crippen LogP) is 1.85. The van der Waals surface area contributed by atoms with Crippen molar-refractivity contribution in [2.75, 3.05) is 28.1 Å². The molecule has 0 radical (unpaired) electrons. The van der Waals surface area contributed by atoms with Gasteiger partial charge in [-0.15, -0.1) is 0 Å². The largest absolute Gasteiger partial charge is 0.493 e. The van der Waals surface area contributed by atoms with Gasteiger partial charge in [0.25, 0.3) is 0 Å². The van der Waals surface area contributed by atoms with E-state index in [1.54, 1.807) is 26.4 Å². The maximum atomic E-state index is 10.8. The van der Waals surface area contributed by atoms with E-state index < -0.39 is 18.1 Å². The van der Waals surface area contributed by atoms with E-state index in [2.05, 4.69) is 0 Å². The molecule has 7 nitrogen and oxygen atoms in total. The zero-order chi connectivity index (χ0) is 19.1. The third-order valence-electron chi connectivity index (χ3n) is 5.18. The van der Waals surface area contributed by atoms with E-state index in [1.807, 2.05) is 12.1 Å². The molecule has 1 heterocycles. The summed E-state index contributed by atoms with van der Waals surface area (Å²) < 4.78 is 27.2. The molecule has 7 heteroatoms. The third-order valence-corrected chi connectivity index (χ3v) is 5.18. The fraction of sp³-hybridized carbons (Fsp3) is 0.400. The molecule has 0 saturated heterocycles. The Bertz CT molecular complexity index is 839. The Morgan fingerprint density at radius 1 is 0.889 bits per heavy atom. The van der Waals surface area contributed by atoms with E-state index in [1.165, 1.54) is 7.11 Å². The number of hydrogen-bond acceptors (Lipinski definition) is 7. The Labute approximate surface area is 157 Å². The fourth-order valence-electron chi connectivity index (χ4n) is 3.88. The molecule has 2 aromatic rings. The highest BCUT2D eigenvalue weighted by molar-refractivity contribution is 5.59. The second kappa shape index (κ2) is 6.83. The first kappa shape index (κ1) is 17.8. The zero-order valence-electron chi connectivity index (χ0n) is 15.4. The van der Waals surface area contributed by atoms with Crippen LogP contribution in [0.15, 0.2) is 24.3 Å². The highest BCUT2D eigenvalue weighted by Crippen LogP contribution is 2.47. The molecule has 0 amide bonds. The first-order valence-electron chi connectivity index (χ1n) is 8.65. The van der Waals surface area contributed by atoms with Crippen molar-refractivity contribution < 1.29 is 33.9 Å². The van der Waals surface area contributed by atoms with Crippen molar-refractivity contribution >= 4 is 0 Å². The summed E-state index contributed by atoms with van der Waals surface area (Å²) >= 11 is 0.